The third-order valence-corrected chi connectivity index (χ3v) is 6.31. The van der Waals surface area contributed by atoms with Gasteiger partial charge in [0.1, 0.15) is 0 Å². The minimum Gasteiger partial charge on any atom is -0.393 e. The van der Waals surface area contributed by atoms with Crippen LogP contribution < -0.4 is 5.32 Å². The molecule has 0 aromatic rings. The van der Waals surface area contributed by atoms with Crippen LogP contribution in [0.5, 0.6) is 0 Å². The number of aliphatic hydroxyl groups excluding tert-OH is 1. The highest BCUT2D eigenvalue weighted by Gasteiger charge is 2.34. The molecule has 1 saturated heterocycles. The third-order valence-electron chi connectivity index (χ3n) is 6.31. The fourth-order valence-electron chi connectivity index (χ4n) is 4.86. The summed E-state index contributed by atoms with van der Waals surface area (Å²) in [6.45, 7) is 7.16. The molecule has 3 fully saturated rings. The zero-order valence-corrected chi connectivity index (χ0v) is 15.2. The van der Waals surface area contributed by atoms with Crippen LogP contribution in [-0.4, -0.2) is 48.3 Å². The lowest BCUT2D eigenvalue weighted by molar-refractivity contribution is 0.0737. The van der Waals surface area contributed by atoms with Crippen molar-refractivity contribution in [3.8, 4) is 0 Å². The first-order chi connectivity index (χ1) is 11.2. The minimum absolute atomic E-state index is 0.0272. The molecule has 3 nitrogen and oxygen atoms in total. The predicted molar refractivity (Wildman–Crippen MR) is 96.6 cm³/mol. The second-order valence-electron chi connectivity index (χ2n) is 8.61. The molecule has 1 aliphatic heterocycles. The molecule has 2 saturated carbocycles. The number of aliphatic hydroxyl groups is 1. The fraction of sp³-hybridized carbons (Fsp3) is 1.00. The van der Waals surface area contributed by atoms with Crippen LogP contribution in [0.4, 0.5) is 0 Å². The monoisotopic (exact) mass is 322 g/mol. The second-order valence-corrected chi connectivity index (χ2v) is 8.61. The van der Waals surface area contributed by atoms with Gasteiger partial charge in [0.05, 0.1) is 6.10 Å². The van der Waals surface area contributed by atoms with Crippen molar-refractivity contribution in [3.63, 3.8) is 0 Å². The van der Waals surface area contributed by atoms with Crippen molar-refractivity contribution in [2.45, 2.75) is 83.3 Å². The summed E-state index contributed by atoms with van der Waals surface area (Å²) in [4.78, 5) is 2.65. The maximum absolute atomic E-state index is 10.3. The van der Waals surface area contributed by atoms with Gasteiger partial charge >= 0.3 is 0 Å². The Morgan fingerprint density at radius 3 is 2.52 bits per heavy atom. The van der Waals surface area contributed by atoms with Crippen molar-refractivity contribution in [2.24, 2.45) is 17.8 Å². The summed E-state index contributed by atoms with van der Waals surface area (Å²) in [7, 11) is 0. The molecule has 2 aliphatic carbocycles. The maximum Gasteiger partial charge on any atom is 0.0571 e. The molecule has 0 spiro atoms. The SMILES string of the molecule is CCCN1CC(CC(O)C2CC2)CC(NCC2CCCCC2)C1. The summed E-state index contributed by atoms with van der Waals surface area (Å²) in [6, 6.07) is 0.647. The van der Waals surface area contributed by atoms with E-state index in [0.717, 1.165) is 12.3 Å². The molecule has 0 amide bonds. The molecule has 0 radical (unpaired) electrons. The summed E-state index contributed by atoms with van der Waals surface area (Å²) in [5.74, 6) is 2.24. The number of nitrogens with one attached hydrogen (secondary N) is 1. The molecule has 1 heterocycles. The average Bonchev–Trinajstić information content (AvgIpc) is 3.39. The lowest BCUT2D eigenvalue weighted by Gasteiger charge is -2.39. The van der Waals surface area contributed by atoms with E-state index in [-0.39, 0.29) is 6.10 Å². The smallest absolute Gasteiger partial charge is 0.0571 e. The summed E-state index contributed by atoms with van der Waals surface area (Å²) in [5, 5.41) is 14.2. The van der Waals surface area contributed by atoms with Gasteiger partial charge in [-0.2, -0.15) is 0 Å². The Balaban J connectivity index is 1.46. The molecule has 0 bridgehead atoms. The third kappa shape index (κ3) is 5.72. The number of piperidine rings is 1. The summed E-state index contributed by atoms with van der Waals surface area (Å²) in [5.41, 5.74) is 0. The molecule has 3 rings (SSSR count). The molecular weight excluding hydrogens is 284 g/mol. The van der Waals surface area contributed by atoms with Crippen LogP contribution in [0.3, 0.4) is 0 Å². The van der Waals surface area contributed by atoms with E-state index in [4.69, 9.17) is 0 Å². The summed E-state index contributed by atoms with van der Waals surface area (Å²) < 4.78 is 0. The van der Waals surface area contributed by atoms with Gasteiger partial charge in [-0.05, 0) is 75.8 Å². The number of likely N-dealkylation sites (tertiary alicyclic amines) is 1. The van der Waals surface area contributed by atoms with E-state index in [1.54, 1.807) is 0 Å². The zero-order chi connectivity index (χ0) is 16.1. The van der Waals surface area contributed by atoms with Crippen molar-refractivity contribution in [2.75, 3.05) is 26.2 Å². The molecule has 0 aromatic heterocycles. The molecule has 2 N–H and O–H groups in total. The molecule has 3 heteroatoms. The largest absolute Gasteiger partial charge is 0.393 e. The number of rotatable bonds is 8. The lowest BCUT2D eigenvalue weighted by atomic mass is 9.86. The first kappa shape index (κ1) is 17.7. The Bertz CT molecular complexity index is 339. The van der Waals surface area contributed by atoms with Crippen molar-refractivity contribution in [1.29, 1.82) is 0 Å². The standard InChI is InChI=1S/C20H38N2O/c1-2-10-22-14-17(12-20(23)18-8-9-18)11-19(15-22)21-13-16-6-4-3-5-7-16/h16-21,23H,2-15H2,1H3. The Labute approximate surface area is 143 Å². The van der Waals surface area contributed by atoms with Gasteiger partial charge in [-0.1, -0.05) is 26.2 Å². The van der Waals surface area contributed by atoms with E-state index < -0.39 is 0 Å². The minimum atomic E-state index is -0.0272. The molecular formula is C20H38N2O. The highest BCUT2D eigenvalue weighted by molar-refractivity contribution is 4.88. The van der Waals surface area contributed by atoms with Crippen molar-refractivity contribution < 1.29 is 5.11 Å². The van der Waals surface area contributed by atoms with Gasteiger partial charge in [-0.15, -0.1) is 0 Å². The topological polar surface area (TPSA) is 35.5 Å². The van der Waals surface area contributed by atoms with Crippen LogP contribution in [0.2, 0.25) is 0 Å². The normalized spacial score (nSPS) is 32.1. The van der Waals surface area contributed by atoms with Crippen LogP contribution >= 0.6 is 0 Å². The number of nitrogens with zero attached hydrogens (tertiary/aromatic N) is 1. The van der Waals surface area contributed by atoms with Crippen LogP contribution in [0.15, 0.2) is 0 Å². The summed E-state index contributed by atoms with van der Waals surface area (Å²) in [6.07, 6.45) is 13.2. The van der Waals surface area contributed by atoms with E-state index >= 15 is 0 Å². The predicted octanol–water partition coefficient (Wildman–Crippen LogP) is 3.42. The zero-order valence-electron chi connectivity index (χ0n) is 15.2. The molecule has 3 atom stereocenters. The highest BCUT2D eigenvalue weighted by atomic mass is 16.3. The van der Waals surface area contributed by atoms with E-state index in [2.05, 4.69) is 17.1 Å². The van der Waals surface area contributed by atoms with E-state index in [1.807, 2.05) is 0 Å². The summed E-state index contributed by atoms with van der Waals surface area (Å²) >= 11 is 0. The molecule has 3 unspecified atom stereocenters. The Hall–Kier alpha value is -0.120. The quantitative estimate of drug-likeness (QED) is 0.719. The molecule has 23 heavy (non-hydrogen) atoms. The maximum atomic E-state index is 10.3. The van der Waals surface area contributed by atoms with E-state index in [1.165, 1.54) is 84.0 Å². The Kier molecular flexibility index (Phi) is 6.79. The van der Waals surface area contributed by atoms with Gasteiger partial charge in [-0.25, -0.2) is 0 Å². The van der Waals surface area contributed by atoms with Crippen LogP contribution in [-0.2, 0) is 0 Å². The van der Waals surface area contributed by atoms with E-state index in [0.29, 0.717) is 17.9 Å². The number of hydrogen-bond donors (Lipinski definition) is 2. The Morgan fingerprint density at radius 1 is 1.04 bits per heavy atom. The van der Waals surface area contributed by atoms with Gasteiger partial charge in [0, 0.05) is 19.1 Å². The van der Waals surface area contributed by atoms with Crippen LogP contribution in [0.1, 0.15) is 71.1 Å². The van der Waals surface area contributed by atoms with Gasteiger partial charge in [0.2, 0.25) is 0 Å². The molecule has 0 aromatic carbocycles. The second kappa shape index (κ2) is 8.82. The van der Waals surface area contributed by atoms with Gasteiger partial charge < -0.3 is 15.3 Å². The fourth-order valence-corrected chi connectivity index (χ4v) is 4.86. The number of hydrogen-bond acceptors (Lipinski definition) is 3. The average molecular weight is 323 g/mol. The van der Waals surface area contributed by atoms with Crippen LogP contribution in [0.25, 0.3) is 0 Å². The van der Waals surface area contributed by atoms with Crippen molar-refractivity contribution in [3.05, 3.63) is 0 Å². The van der Waals surface area contributed by atoms with Gasteiger partial charge in [0.25, 0.3) is 0 Å². The highest BCUT2D eigenvalue weighted by Crippen LogP contribution is 2.36. The van der Waals surface area contributed by atoms with Gasteiger partial charge in [0.15, 0.2) is 0 Å². The van der Waals surface area contributed by atoms with Gasteiger partial charge in [-0.3, -0.25) is 0 Å². The first-order valence-electron chi connectivity index (χ1n) is 10.4. The Morgan fingerprint density at radius 2 is 1.83 bits per heavy atom. The van der Waals surface area contributed by atoms with E-state index in [9.17, 15) is 5.11 Å². The lowest BCUT2D eigenvalue weighted by Crippen LogP contribution is -2.50. The van der Waals surface area contributed by atoms with Crippen LogP contribution in [0, 0.1) is 17.8 Å². The molecule has 134 valence electrons. The first-order valence-corrected chi connectivity index (χ1v) is 10.4. The van der Waals surface area contributed by atoms with Crippen molar-refractivity contribution in [1.82, 2.24) is 10.2 Å². The molecule has 3 aliphatic rings. The van der Waals surface area contributed by atoms with Crippen molar-refractivity contribution >= 4 is 0 Å².